The molecular weight excluding hydrogens is 250 g/mol. The minimum atomic E-state index is -0.401. The number of hydrogen-bond acceptors (Lipinski definition) is 5. The van der Waals surface area contributed by atoms with Crippen molar-refractivity contribution in [2.75, 3.05) is 10.6 Å². The number of benzene rings is 1. The Bertz CT molecular complexity index is 678. The van der Waals surface area contributed by atoms with E-state index in [2.05, 4.69) is 4.98 Å². The fourth-order valence-corrected chi connectivity index (χ4v) is 2.69. The van der Waals surface area contributed by atoms with E-state index in [1.165, 1.54) is 11.3 Å². The summed E-state index contributed by atoms with van der Waals surface area (Å²) in [6, 6.07) is 4.88. The number of amides is 2. The normalized spacial score (nSPS) is 14.2. The summed E-state index contributed by atoms with van der Waals surface area (Å²) in [4.78, 5) is 30.5. The van der Waals surface area contributed by atoms with E-state index >= 15 is 0 Å². The Morgan fingerprint density at radius 1 is 1.28 bits per heavy atom. The van der Waals surface area contributed by atoms with Gasteiger partial charge in [-0.15, -0.1) is 11.3 Å². The lowest BCUT2D eigenvalue weighted by Crippen LogP contribution is -2.29. The maximum absolute atomic E-state index is 12.2. The number of nitrogens with two attached hydrogens (primary N) is 1. The number of aromatic nitrogens is 1. The first-order valence-corrected chi connectivity index (χ1v) is 6.11. The topological polar surface area (TPSA) is 76.3 Å². The Balaban J connectivity index is 2.16. The molecule has 2 N–H and O–H groups in total. The number of rotatable bonds is 1. The van der Waals surface area contributed by atoms with Crippen molar-refractivity contribution in [3.63, 3.8) is 0 Å². The van der Waals surface area contributed by atoms with Crippen LogP contribution in [0.2, 0.25) is 0 Å². The molecule has 90 valence electrons. The predicted molar refractivity (Wildman–Crippen MR) is 68.8 cm³/mol. The summed E-state index contributed by atoms with van der Waals surface area (Å²) in [7, 11) is 0. The average Bonchev–Trinajstić information content (AvgIpc) is 2.84. The summed E-state index contributed by atoms with van der Waals surface area (Å²) in [6.07, 6.45) is 1.63. The van der Waals surface area contributed by atoms with Gasteiger partial charge in [0.05, 0.1) is 11.1 Å². The molecule has 0 aliphatic carbocycles. The van der Waals surface area contributed by atoms with Crippen LogP contribution in [0.4, 0.5) is 10.8 Å². The molecule has 0 bridgehead atoms. The summed E-state index contributed by atoms with van der Waals surface area (Å²) in [6.45, 7) is 1.87. The van der Waals surface area contributed by atoms with Crippen molar-refractivity contribution < 1.29 is 9.59 Å². The molecule has 2 heterocycles. The minimum absolute atomic E-state index is 0.273. The van der Waals surface area contributed by atoms with Crippen LogP contribution in [0.5, 0.6) is 0 Å². The number of anilines is 2. The van der Waals surface area contributed by atoms with Crippen LogP contribution in [-0.2, 0) is 0 Å². The number of aryl methyl sites for hydroxylation is 1. The molecule has 2 aromatic rings. The number of nitrogen functional groups attached to an aromatic ring is 1. The van der Waals surface area contributed by atoms with Gasteiger partial charge in [0.15, 0.2) is 5.13 Å². The van der Waals surface area contributed by atoms with Crippen molar-refractivity contribution in [1.29, 1.82) is 0 Å². The van der Waals surface area contributed by atoms with E-state index < -0.39 is 5.91 Å². The van der Waals surface area contributed by atoms with E-state index in [-0.39, 0.29) is 11.5 Å². The van der Waals surface area contributed by atoms with Crippen LogP contribution in [0.1, 0.15) is 25.6 Å². The van der Waals surface area contributed by atoms with Crippen molar-refractivity contribution in [3.8, 4) is 0 Å². The molecule has 0 radical (unpaired) electrons. The lowest BCUT2D eigenvalue weighted by atomic mass is 10.1. The third-order valence-electron chi connectivity index (χ3n) is 2.75. The average molecular weight is 259 g/mol. The van der Waals surface area contributed by atoms with Crippen LogP contribution in [0.25, 0.3) is 0 Å². The Hall–Kier alpha value is -2.21. The second-order valence-corrected chi connectivity index (χ2v) is 5.18. The van der Waals surface area contributed by atoms with Crippen LogP contribution in [0.15, 0.2) is 24.4 Å². The second kappa shape index (κ2) is 3.64. The molecule has 18 heavy (non-hydrogen) atoms. The van der Waals surface area contributed by atoms with Crippen LogP contribution < -0.4 is 10.6 Å². The van der Waals surface area contributed by atoms with Gasteiger partial charge in [0, 0.05) is 16.8 Å². The number of nitrogens with zero attached hydrogens (tertiary/aromatic N) is 2. The Kier molecular flexibility index (Phi) is 2.21. The molecular formula is C12H9N3O2S. The largest absolute Gasteiger partial charge is 0.398 e. The van der Waals surface area contributed by atoms with E-state index in [1.54, 1.807) is 24.4 Å². The van der Waals surface area contributed by atoms with Gasteiger partial charge in [-0.1, -0.05) is 6.07 Å². The third-order valence-corrected chi connectivity index (χ3v) is 3.65. The van der Waals surface area contributed by atoms with Crippen molar-refractivity contribution in [1.82, 2.24) is 4.98 Å². The zero-order valence-corrected chi connectivity index (χ0v) is 10.3. The highest BCUT2D eigenvalue weighted by Crippen LogP contribution is 2.33. The molecule has 1 aromatic carbocycles. The molecule has 2 amide bonds. The summed E-state index contributed by atoms with van der Waals surface area (Å²) < 4.78 is 0. The van der Waals surface area contributed by atoms with Gasteiger partial charge < -0.3 is 5.73 Å². The minimum Gasteiger partial charge on any atom is -0.398 e. The molecule has 3 rings (SSSR count). The maximum atomic E-state index is 12.2. The van der Waals surface area contributed by atoms with Gasteiger partial charge in [-0.2, -0.15) is 0 Å². The van der Waals surface area contributed by atoms with Gasteiger partial charge >= 0.3 is 0 Å². The van der Waals surface area contributed by atoms with Crippen molar-refractivity contribution >= 4 is 34.0 Å². The molecule has 1 aliphatic heterocycles. The third kappa shape index (κ3) is 1.36. The fourth-order valence-electron chi connectivity index (χ4n) is 1.93. The first-order chi connectivity index (χ1) is 8.59. The molecule has 0 fully saturated rings. The molecule has 1 aliphatic rings. The smallest absolute Gasteiger partial charge is 0.270 e. The first-order valence-electron chi connectivity index (χ1n) is 5.29. The highest BCUT2D eigenvalue weighted by atomic mass is 32.1. The van der Waals surface area contributed by atoms with E-state index in [1.807, 2.05) is 6.92 Å². The van der Waals surface area contributed by atoms with Crippen LogP contribution in [0, 0.1) is 6.92 Å². The molecule has 0 unspecified atom stereocenters. The van der Waals surface area contributed by atoms with Crippen LogP contribution in [0.3, 0.4) is 0 Å². The van der Waals surface area contributed by atoms with Gasteiger partial charge in [-0.3, -0.25) is 9.59 Å². The van der Waals surface area contributed by atoms with Crippen molar-refractivity contribution in [3.05, 3.63) is 40.4 Å². The Morgan fingerprint density at radius 3 is 2.67 bits per heavy atom. The van der Waals surface area contributed by atoms with Gasteiger partial charge in [0.1, 0.15) is 0 Å². The number of imide groups is 1. The van der Waals surface area contributed by atoms with Crippen LogP contribution in [-0.4, -0.2) is 16.8 Å². The molecule has 1 aromatic heterocycles. The van der Waals surface area contributed by atoms with Crippen molar-refractivity contribution in [2.45, 2.75) is 6.92 Å². The molecule has 0 spiro atoms. The number of hydrogen-bond donors (Lipinski definition) is 1. The summed E-state index contributed by atoms with van der Waals surface area (Å²) >= 11 is 1.30. The molecule has 0 saturated carbocycles. The maximum Gasteiger partial charge on any atom is 0.270 e. The highest BCUT2D eigenvalue weighted by Gasteiger charge is 2.39. The summed E-state index contributed by atoms with van der Waals surface area (Å²) in [5, 5.41) is 0.387. The Labute approximate surface area is 107 Å². The van der Waals surface area contributed by atoms with Gasteiger partial charge in [-0.25, -0.2) is 9.88 Å². The molecule has 0 saturated heterocycles. The Morgan fingerprint density at radius 2 is 2.06 bits per heavy atom. The van der Waals surface area contributed by atoms with E-state index in [0.29, 0.717) is 16.4 Å². The number of thiazole rings is 1. The second-order valence-electron chi connectivity index (χ2n) is 3.97. The van der Waals surface area contributed by atoms with Gasteiger partial charge in [0.25, 0.3) is 11.8 Å². The lowest BCUT2D eigenvalue weighted by molar-refractivity contribution is 0.0926. The summed E-state index contributed by atoms with van der Waals surface area (Å²) in [5.41, 5.74) is 6.69. The van der Waals surface area contributed by atoms with Crippen molar-refractivity contribution in [2.24, 2.45) is 0 Å². The fraction of sp³-hybridized carbons (Fsp3) is 0.0833. The highest BCUT2D eigenvalue weighted by molar-refractivity contribution is 7.16. The van der Waals surface area contributed by atoms with Gasteiger partial charge in [0.2, 0.25) is 0 Å². The standard InChI is InChI=1S/C12H9N3O2S/c1-6-5-14-12(18-6)15-10(16)7-3-2-4-8(13)9(7)11(15)17/h2-5H,13H2,1H3. The zero-order chi connectivity index (χ0) is 12.9. The van der Waals surface area contributed by atoms with E-state index in [4.69, 9.17) is 5.73 Å². The molecule has 6 heteroatoms. The quantitative estimate of drug-likeness (QED) is 0.626. The number of fused-ring (bicyclic) bond motifs is 1. The lowest BCUT2D eigenvalue weighted by Gasteiger charge is -2.08. The van der Waals surface area contributed by atoms with E-state index in [9.17, 15) is 9.59 Å². The monoisotopic (exact) mass is 259 g/mol. The number of carbonyl (C=O) groups excluding carboxylic acids is 2. The summed E-state index contributed by atoms with van der Waals surface area (Å²) in [5.74, 6) is -0.765. The molecule has 0 atom stereocenters. The predicted octanol–water partition coefficient (Wildman–Crippen LogP) is 1.83. The van der Waals surface area contributed by atoms with Crippen LogP contribution >= 0.6 is 11.3 Å². The molecule has 5 nitrogen and oxygen atoms in total. The van der Waals surface area contributed by atoms with Gasteiger partial charge in [-0.05, 0) is 19.1 Å². The van der Waals surface area contributed by atoms with E-state index in [0.717, 1.165) is 9.78 Å². The number of carbonyl (C=O) groups is 2. The SMILES string of the molecule is Cc1cnc(N2C(=O)c3cccc(N)c3C2=O)s1. The zero-order valence-electron chi connectivity index (χ0n) is 9.51. The first kappa shape index (κ1) is 10.9.